The molecule has 10 heteroatoms. The van der Waals surface area contributed by atoms with Crippen molar-refractivity contribution in [2.24, 2.45) is 0 Å². The summed E-state index contributed by atoms with van der Waals surface area (Å²) in [5.74, 6) is 0. The maximum Gasteiger partial charge on any atom is 0.416 e. The largest absolute Gasteiger partial charge is 0.416 e. The van der Waals surface area contributed by atoms with Gasteiger partial charge in [0.1, 0.15) is 0 Å². The molecule has 0 atom stereocenters. The van der Waals surface area contributed by atoms with Gasteiger partial charge >= 0.3 is 6.18 Å². The number of rotatable bonds is 6. The summed E-state index contributed by atoms with van der Waals surface area (Å²) in [5, 5.41) is 8.82. The Morgan fingerprint density at radius 1 is 1.17 bits per heavy atom. The van der Waals surface area contributed by atoms with Gasteiger partial charge in [0.05, 0.1) is 28.7 Å². The quantitative estimate of drug-likeness (QED) is 0.699. The van der Waals surface area contributed by atoms with Gasteiger partial charge in [-0.2, -0.15) is 22.7 Å². The van der Waals surface area contributed by atoms with Gasteiger partial charge in [-0.1, -0.05) is 12.1 Å². The predicted molar refractivity (Wildman–Crippen MR) is 102 cm³/mol. The fourth-order valence-corrected chi connectivity index (χ4v) is 4.24. The second-order valence-corrected chi connectivity index (χ2v) is 8.51. The van der Waals surface area contributed by atoms with Crippen molar-refractivity contribution < 1.29 is 26.4 Å². The summed E-state index contributed by atoms with van der Waals surface area (Å²) in [5.41, 5.74) is 3.31. The van der Waals surface area contributed by atoms with Crippen LogP contribution in [-0.2, 0) is 27.6 Å². The number of hydroxylamine groups is 1. The molecule has 0 saturated heterocycles. The molecule has 0 unspecified atom stereocenters. The van der Waals surface area contributed by atoms with Crippen molar-refractivity contribution in [1.82, 2.24) is 9.79 Å². The van der Waals surface area contributed by atoms with Crippen LogP contribution in [0.15, 0.2) is 65.2 Å². The minimum Gasteiger partial charge on any atom is -0.272 e. The van der Waals surface area contributed by atoms with Crippen LogP contribution in [-0.4, -0.2) is 25.8 Å². The molecule has 0 aromatic heterocycles. The molecule has 0 radical (unpaired) electrons. The first-order valence-corrected chi connectivity index (χ1v) is 10.4. The van der Waals surface area contributed by atoms with Crippen LogP contribution >= 0.6 is 0 Å². The number of halogens is 3. The van der Waals surface area contributed by atoms with Crippen molar-refractivity contribution in [2.75, 3.05) is 13.1 Å². The van der Waals surface area contributed by atoms with Crippen molar-refractivity contribution in [3.05, 3.63) is 77.0 Å². The van der Waals surface area contributed by atoms with E-state index < -0.39 is 21.8 Å². The number of sulfonamides is 1. The number of alkyl halides is 3. The van der Waals surface area contributed by atoms with Gasteiger partial charge in [0, 0.05) is 25.2 Å². The summed E-state index contributed by atoms with van der Waals surface area (Å²) in [7, 11) is -3.69. The van der Waals surface area contributed by atoms with Crippen LogP contribution in [0.2, 0.25) is 0 Å². The molecule has 2 aromatic carbocycles. The number of benzene rings is 2. The van der Waals surface area contributed by atoms with E-state index in [0.29, 0.717) is 23.2 Å². The highest BCUT2D eigenvalue weighted by Gasteiger charge is 2.30. The molecule has 0 aliphatic carbocycles. The Hall–Kier alpha value is -2.87. The van der Waals surface area contributed by atoms with Crippen molar-refractivity contribution in [3.8, 4) is 6.07 Å². The molecule has 2 aromatic rings. The topological polar surface area (TPSA) is 82.4 Å². The highest BCUT2D eigenvalue weighted by atomic mass is 32.2. The first-order valence-electron chi connectivity index (χ1n) is 8.93. The third-order valence-electron chi connectivity index (χ3n) is 4.49. The fraction of sp³-hybridized carbons (Fsp3) is 0.250. The van der Waals surface area contributed by atoms with Crippen molar-refractivity contribution >= 4 is 10.0 Å². The summed E-state index contributed by atoms with van der Waals surface area (Å²) in [4.78, 5) is 5.38. The van der Waals surface area contributed by atoms with Gasteiger partial charge in [0.25, 0.3) is 0 Å². The van der Waals surface area contributed by atoms with Crippen molar-refractivity contribution in [2.45, 2.75) is 24.1 Å². The minimum absolute atomic E-state index is 0.0749. The van der Waals surface area contributed by atoms with Gasteiger partial charge in [-0.15, -0.1) is 0 Å². The van der Waals surface area contributed by atoms with Crippen LogP contribution in [0.3, 0.4) is 0 Å². The van der Waals surface area contributed by atoms with Crippen LogP contribution in [0.5, 0.6) is 0 Å². The van der Waals surface area contributed by atoms with Gasteiger partial charge in [-0.05, 0) is 48.0 Å². The molecule has 1 aliphatic rings. The van der Waals surface area contributed by atoms with Gasteiger partial charge in [-0.3, -0.25) is 10.3 Å². The highest BCUT2D eigenvalue weighted by molar-refractivity contribution is 7.89. The van der Waals surface area contributed by atoms with E-state index in [2.05, 4.69) is 5.48 Å². The van der Waals surface area contributed by atoms with Crippen LogP contribution in [0.1, 0.15) is 23.1 Å². The Kier molecular flexibility index (Phi) is 6.45. The average molecular weight is 437 g/mol. The molecular formula is C20H18F3N3O3S. The maximum atomic E-state index is 12.7. The molecule has 30 heavy (non-hydrogen) atoms. The van der Waals surface area contributed by atoms with Crippen molar-refractivity contribution in [3.63, 3.8) is 0 Å². The van der Waals surface area contributed by atoms with E-state index in [4.69, 9.17) is 10.1 Å². The van der Waals surface area contributed by atoms with Gasteiger partial charge < -0.3 is 0 Å². The summed E-state index contributed by atoms with van der Waals surface area (Å²) in [6.07, 6.45) is -2.41. The molecular weight excluding hydrogens is 419 g/mol. The van der Waals surface area contributed by atoms with Crippen LogP contribution < -0.4 is 5.48 Å². The molecule has 158 valence electrons. The van der Waals surface area contributed by atoms with Gasteiger partial charge in [0.15, 0.2) is 0 Å². The predicted octanol–water partition coefficient (Wildman–Crippen LogP) is 3.58. The van der Waals surface area contributed by atoms with E-state index in [9.17, 15) is 21.6 Å². The van der Waals surface area contributed by atoms with E-state index in [1.54, 1.807) is 6.08 Å². The Morgan fingerprint density at radius 2 is 1.90 bits per heavy atom. The zero-order valence-electron chi connectivity index (χ0n) is 15.7. The summed E-state index contributed by atoms with van der Waals surface area (Å²) < 4.78 is 64.9. The average Bonchev–Trinajstić information content (AvgIpc) is 2.74. The second kappa shape index (κ2) is 8.87. The lowest BCUT2D eigenvalue weighted by Gasteiger charge is -2.26. The lowest BCUT2D eigenvalue weighted by molar-refractivity contribution is -0.137. The second-order valence-electron chi connectivity index (χ2n) is 6.57. The Bertz CT molecular complexity index is 1070. The smallest absolute Gasteiger partial charge is 0.272 e. The number of nitrogens with one attached hydrogen (secondary N) is 1. The van der Waals surface area contributed by atoms with Crippen LogP contribution in [0.25, 0.3) is 0 Å². The van der Waals surface area contributed by atoms with Crippen LogP contribution in [0, 0.1) is 11.3 Å². The van der Waals surface area contributed by atoms with E-state index in [-0.39, 0.29) is 24.6 Å². The van der Waals surface area contributed by atoms with Crippen LogP contribution in [0.4, 0.5) is 13.2 Å². The Morgan fingerprint density at radius 3 is 2.50 bits per heavy atom. The Labute approximate surface area is 172 Å². The summed E-state index contributed by atoms with van der Waals surface area (Å²) in [6.45, 7) is 0.264. The van der Waals surface area contributed by atoms with E-state index >= 15 is 0 Å². The van der Waals surface area contributed by atoms with Crippen molar-refractivity contribution in [1.29, 1.82) is 5.26 Å². The summed E-state index contributed by atoms with van der Waals surface area (Å²) in [6, 6.07) is 12.5. The standard InChI is InChI=1S/C20H18F3N3O3S/c21-20(22,23)17-3-1-2-16(12-17)14-29-25-18-8-10-26(11-9-18)30(27,28)19-6-4-15(13-24)5-7-19/h1-8,12,25H,9-11,14H2. The summed E-state index contributed by atoms with van der Waals surface area (Å²) >= 11 is 0. The first kappa shape index (κ1) is 21.8. The van der Waals surface area contributed by atoms with E-state index in [1.807, 2.05) is 6.07 Å². The minimum atomic E-state index is -4.42. The third-order valence-corrected chi connectivity index (χ3v) is 6.37. The zero-order chi connectivity index (χ0) is 21.8. The fourth-order valence-electron chi connectivity index (χ4n) is 2.86. The number of nitriles is 1. The molecule has 0 saturated carbocycles. The molecule has 0 fully saturated rings. The monoisotopic (exact) mass is 437 g/mol. The number of hydrogen-bond donors (Lipinski definition) is 1. The highest BCUT2D eigenvalue weighted by Crippen LogP contribution is 2.29. The lowest BCUT2D eigenvalue weighted by Crippen LogP contribution is -2.36. The molecule has 6 nitrogen and oxygen atoms in total. The molecule has 3 rings (SSSR count). The molecule has 0 bridgehead atoms. The number of hydrogen-bond acceptors (Lipinski definition) is 5. The maximum absolute atomic E-state index is 12.7. The lowest BCUT2D eigenvalue weighted by atomic mass is 10.1. The Balaban J connectivity index is 1.55. The van der Waals surface area contributed by atoms with E-state index in [1.165, 1.54) is 40.7 Å². The molecule has 0 amide bonds. The molecule has 0 spiro atoms. The van der Waals surface area contributed by atoms with E-state index in [0.717, 1.165) is 12.1 Å². The van der Waals surface area contributed by atoms with Gasteiger partial charge in [0.2, 0.25) is 10.0 Å². The van der Waals surface area contributed by atoms with Gasteiger partial charge in [-0.25, -0.2) is 8.42 Å². The normalized spacial score (nSPS) is 15.3. The zero-order valence-corrected chi connectivity index (χ0v) is 16.5. The molecule has 1 aliphatic heterocycles. The first-order chi connectivity index (χ1) is 14.2. The SMILES string of the molecule is N#Cc1ccc(S(=O)(=O)N2CC=C(NOCc3cccc(C(F)(F)F)c3)CC2)cc1. The number of nitrogens with zero attached hydrogens (tertiary/aromatic N) is 2. The molecule has 1 heterocycles. The molecule has 1 N–H and O–H groups in total. The third kappa shape index (κ3) is 5.18.